The van der Waals surface area contributed by atoms with Gasteiger partial charge in [-0.15, -0.1) is 0 Å². The second kappa shape index (κ2) is 4.04. The summed E-state index contributed by atoms with van der Waals surface area (Å²) in [7, 11) is 0. The minimum absolute atomic E-state index is 0.266. The van der Waals surface area contributed by atoms with Crippen LogP contribution in [0.4, 0.5) is 4.39 Å². The molecule has 0 amide bonds. The Labute approximate surface area is 113 Å². The molecular weight excluding hydrogens is 243 g/mol. The van der Waals surface area contributed by atoms with E-state index < -0.39 is 5.60 Å². The lowest BCUT2D eigenvalue weighted by Gasteiger charge is -2.25. The molecule has 3 nitrogen and oxygen atoms in total. The van der Waals surface area contributed by atoms with Crippen LogP contribution in [-0.2, 0) is 11.1 Å². The number of aliphatic hydroxyl groups is 1. The molecule has 0 atom stereocenters. The molecule has 0 saturated heterocycles. The zero-order valence-corrected chi connectivity index (χ0v) is 12.4. The van der Waals surface area contributed by atoms with Crippen molar-refractivity contribution in [3.63, 3.8) is 0 Å². The Morgan fingerprint density at radius 1 is 1.16 bits per heavy atom. The van der Waals surface area contributed by atoms with Gasteiger partial charge in [0.2, 0.25) is 0 Å². The van der Waals surface area contributed by atoms with E-state index in [0.717, 1.165) is 5.82 Å². The standard InChI is InChI=1S/C15H21FN2O/c1-9-17-11-8-7-10(15(5,6)19)12(16)13(11)18(9)14(2,3)4/h7-8,19H,1-6H3. The van der Waals surface area contributed by atoms with Gasteiger partial charge < -0.3 is 9.67 Å². The summed E-state index contributed by atoms with van der Waals surface area (Å²) in [6.45, 7) is 11.1. The molecule has 0 fully saturated rings. The highest BCUT2D eigenvalue weighted by Gasteiger charge is 2.27. The van der Waals surface area contributed by atoms with Crippen molar-refractivity contribution < 1.29 is 9.50 Å². The zero-order chi connectivity index (χ0) is 14.6. The van der Waals surface area contributed by atoms with Gasteiger partial charge in [0.25, 0.3) is 0 Å². The van der Waals surface area contributed by atoms with E-state index in [0.29, 0.717) is 16.6 Å². The topological polar surface area (TPSA) is 38.1 Å². The van der Waals surface area contributed by atoms with Crippen molar-refractivity contribution in [2.45, 2.75) is 52.7 Å². The molecule has 0 radical (unpaired) electrons. The molecule has 0 bridgehead atoms. The molecular formula is C15H21FN2O. The van der Waals surface area contributed by atoms with Gasteiger partial charge in [0, 0.05) is 11.1 Å². The summed E-state index contributed by atoms with van der Waals surface area (Å²) in [5.41, 5.74) is -0.0928. The van der Waals surface area contributed by atoms with Crippen LogP contribution in [0.15, 0.2) is 12.1 Å². The fraction of sp³-hybridized carbons (Fsp3) is 0.533. The predicted octanol–water partition coefficient (Wildman–Crippen LogP) is 3.47. The lowest BCUT2D eigenvalue weighted by atomic mass is 9.97. The maximum Gasteiger partial charge on any atom is 0.155 e. The summed E-state index contributed by atoms with van der Waals surface area (Å²) in [4.78, 5) is 4.40. The van der Waals surface area contributed by atoms with Crippen molar-refractivity contribution in [1.29, 1.82) is 0 Å². The van der Waals surface area contributed by atoms with E-state index in [1.165, 1.54) is 0 Å². The van der Waals surface area contributed by atoms with Crippen molar-refractivity contribution in [2.75, 3.05) is 0 Å². The van der Waals surface area contributed by atoms with Crippen molar-refractivity contribution in [1.82, 2.24) is 9.55 Å². The summed E-state index contributed by atoms with van der Waals surface area (Å²) >= 11 is 0. The fourth-order valence-electron chi connectivity index (χ4n) is 2.54. The summed E-state index contributed by atoms with van der Waals surface area (Å²) in [6.07, 6.45) is 0. The number of rotatable bonds is 1. The molecule has 2 rings (SSSR count). The number of hydrogen-bond acceptors (Lipinski definition) is 2. The van der Waals surface area contributed by atoms with Crippen molar-refractivity contribution >= 4 is 11.0 Å². The van der Waals surface area contributed by atoms with Crippen LogP contribution in [0, 0.1) is 12.7 Å². The predicted molar refractivity (Wildman–Crippen MR) is 74.7 cm³/mol. The number of nitrogens with zero attached hydrogens (tertiary/aromatic N) is 2. The molecule has 0 aliphatic rings. The first kappa shape index (κ1) is 14.0. The van der Waals surface area contributed by atoms with Crippen LogP contribution >= 0.6 is 0 Å². The highest BCUT2D eigenvalue weighted by Crippen LogP contribution is 2.32. The first-order valence-electron chi connectivity index (χ1n) is 6.44. The zero-order valence-electron chi connectivity index (χ0n) is 12.4. The molecule has 104 valence electrons. The number of halogens is 1. The normalized spacial score (nSPS) is 13.3. The van der Waals surface area contributed by atoms with Crippen molar-refractivity contribution in [2.24, 2.45) is 0 Å². The van der Waals surface area contributed by atoms with E-state index in [1.54, 1.807) is 26.0 Å². The number of aromatic nitrogens is 2. The van der Waals surface area contributed by atoms with E-state index in [9.17, 15) is 9.50 Å². The number of imidazole rings is 1. The summed E-state index contributed by atoms with van der Waals surface area (Å²) in [5, 5.41) is 10.1. The van der Waals surface area contributed by atoms with Crippen LogP contribution in [0.3, 0.4) is 0 Å². The van der Waals surface area contributed by atoms with Gasteiger partial charge in [-0.2, -0.15) is 0 Å². The largest absolute Gasteiger partial charge is 0.386 e. The van der Waals surface area contributed by atoms with Gasteiger partial charge in [-0.05, 0) is 47.6 Å². The fourth-order valence-corrected chi connectivity index (χ4v) is 2.54. The van der Waals surface area contributed by atoms with Crippen molar-refractivity contribution in [3.05, 3.63) is 29.3 Å². The highest BCUT2D eigenvalue weighted by molar-refractivity contribution is 5.78. The average Bonchev–Trinajstić information content (AvgIpc) is 2.52. The first-order chi connectivity index (χ1) is 8.53. The Morgan fingerprint density at radius 2 is 1.74 bits per heavy atom. The van der Waals surface area contributed by atoms with E-state index >= 15 is 0 Å². The minimum atomic E-state index is -1.21. The number of aryl methyl sites for hydroxylation is 1. The molecule has 1 aromatic heterocycles. The molecule has 0 aliphatic carbocycles. The number of fused-ring (bicyclic) bond motifs is 1. The maximum atomic E-state index is 14.7. The minimum Gasteiger partial charge on any atom is -0.386 e. The lowest BCUT2D eigenvalue weighted by molar-refractivity contribution is 0.0747. The van der Waals surface area contributed by atoms with Gasteiger partial charge in [0.05, 0.1) is 11.1 Å². The molecule has 4 heteroatoms. The number of hydrogen-bond donors (Lipinski definition) is 1. The van der Waals surface area contributed by atoms with Crippen LogP contribution in [-0.4, -0.2) is 14.7 Å². The Morgan fingerprint density at radius 3 is 2.21 bits per heavy atom. The highest BCUT2D eigenvalue weighted by atomic mass is 19.1. The van der Waals surface area contributed by atoms with Gasteiger partial charge in [0.15, 0.2) is 5.82 Å². The van der Waals surface area contributed by atoms with Crippen molar-refractivity contribution in [3.8, 4) is 0 Å². The number of benzene rings is 1. The van der Waals surface area contributed by atoms with Gasteiger partial charge in [0.1, 0.15) is 11.3 Å². The Hall–Kier alpha value is -1.42. The molecule has 19 heavy (non-hydrogen) atoms. The summed E-state index contributed by atoms with van der Waals surface area (Å²) in [6, 6.07) is 3.37. The van der Waals surface area contributed by atoms with Crippen LogP contribution in [0.2, 0.25) is 0 Å². The molecule has 1 aromatic carbocycles. The van der Waals surface area contributed by atoms with Gasteiger partial charge in [-0.25, -0.2) is 9.37 Å². The molecule has 0 spiro atoms. The second-order valence-electron chi connectivity index (χ2n) is 6.52. The third-order valence-corrected chi connectivity index (χ3v) is 3.25. The molecule has 2 aromatic rings. The van der Waals surface area contributed by atoms with Crippen LogP contribution < -0.4 is 0 Å². The van der Waals surface area contributed by atoms with Crippen LogP contribution in [0.5, 0.6) is 0 Å². The third kappa shape index (κ3) is 2.25. The Balaban J connectivity index is 2.89. The Bertz CT molecular complexity index is 630. The lowest BCUT2D eigenvalue weighted by Crippen LogP contribution is -2.24. The summed E-state index contributed by atoms with van der Waals surface area (Å²) < 4.78 is 16.6. The van der Waals surface area contributed by atoms with E-state index in [1.807, 2.05) is 32.3 Å². The van der Waals surface area contributed by atoms with Gasteiger partial charge in [-0.3, -0.25) is 0 Å². The molecule has 1 heterocycles. The Kier molecular flexibility index (Phi) is 2.97. The smallest absolute Gasteiger partial charge is 0.155 e. The molecule has 0 unspecified atom stereocenters. The second-order valence-corrected chi connectivity index (χ2v) is 6.52. The SMILES string of the molecule is Cc1nc2ccc(C(C)(C)O)c(F)c2n1C(C)(C)C. The van der Waals surface area contributed by atoms with Gasteiger partial charge >= 0.3 is 0 Å². The maximum absolute atomic E-state index is 14.7. The molecule has 0 aliphatic heterocycles. The van der Waals surface area contributed by atoms with E-state index in [4.69, 9.17) is 0 Å². The molecule has 1 N–H and O–H groups in total. The van der Waals surface area contributed by atoms with Crippen LogP contribution in [0.25, 0.3) is 11.0 Å². The monoisotopic (exact) mass is 264 g/mol. The summed E-state index contributed by atoms with van der Waals surface area (Å²) in [5.74, 6) is 0.384. The first-order valence-corrected chi connectivity index (χ1v) is 6.44. The third-order valence-electron chi connectivity index (χ3n) is 3.25. The quantitative estimate of drug-likeness (QED) is 0.856. The molecule has 0 saturated carbocycles. The average molecular weight is 264 g/mol. The van der Waals surface area contributed by atoms with Crippen LogP contribution in [0.1, 0.15) is 46.0 Å². The van der Waals surface area contributed by atoms with Gasteiger partial charge in [-0.1, -0.05) is 6.07 Å². The van der Waals surface area contributed by atoms with E-state index in [-0.39, 0.29) is 11.4 Å². The van der Waals surface area contributed by atoms with E-state index in [2.05, 4.69) is 4.98 Å².